The number of hydrogen-bond acceptors (Lipinski definition) is 2. The van der Waals surface area contributed by atoms with Gasteiger partial charge in [0, 0.05) is 12.0 Å². The van der Waals surface area contributed by atoms with E-state index in [0.717, 1.165) is 25.3 Å². The third kappa shape index (κ3) is 5.12. The minimum atomic E-state index is 0.110. The Hall–Kier alpha value is -0.500. The highest BCUT2D eigenvalue weighted by Crippen LogP contribution is 2.29. The summed E-state index contributed by atoms with van der Waals surface area (Å²) in [4.78, 5) is 2.53. The second-order valence-corrected chi connectivity index (χ2v) is 5.76. The van der Waals surface area contributed by atoms with Gasteiger partial charge in [-0.3, -0.25) is 4.90 Å². The molecule has 0 aromatic heterocycles. The molecule has 0 aliphatic carbocycles. The molecule has 2 heteroatoms. The van der Waals surface area contributed by atoms with Gasteiger partial charge in [0.1, 0.15) is 6.61 Å². The molecule has 0 bridgehead atoms. The lowest BCUT2D eigenvalue weighted by atomic mass is 9.88. The van der Waals surface area contributed by atoms with Crippen LogP contribution in [0.25, 0.3) is 0 Å². The van der Waals surface area contributed by atoms with Crippen LogP contribution in [0.5, 0.6) is 0 Å². The molecule has 1 fully saturated rings. The summed E-state index contributed by atoms with van der Waals surface area (Å²) in [5.41, 5.74) is 0.110. The lowest BCUT2D eigenvalue weighted by molar-refractivity contribution is 0.115. The smallest absolute Gasteiger partial charge is 0.100 e. The maximum Gasteiger partial charge on any atom is 0.100 e. The van der Waals surface area contributed by atoms with Crippen LogP contribution in [-0.4, -0.2) is 31.1 Å². The van der Waals surface area contributed by atoms with Crippen molar-refractivity contribution in [2.24, 2.45) is 5.41 Å². The SMILES string of the molecule is C=C(OCCN1CCCCCC1)C(C)(C)CC. The molecule has 1 heterocycles. The largest absolute Gasteiger partial charge is 0.497 e. The first-order chi connectivity index (χ1) is 8.06. The molecule has 0 aromatic carbocycles. The van der Waals surface area contributed by atoms with Crippen molar-refractivity contribution in [3.05, 3.63) is 12.3 Å². The average Bonchev–Trinajstić information content (AvgIpc) is 2.57. The lowest BCUT2D eigenvalue weighted by Crippen LogP contribution is -2.29. The van der Waals surface area contributed by atoms with E-state index in [1.54, 1.807) is 0 Å². The maximum atomic E-state index is 5.81. The molecule has 1 aliphatic heterocycles. The number of nitrogens with zero attached hydrogens (tertiary/aromatic N) is 1. The standard InChI is InChI=1S/C15H29NO/c1-5-15(3,4)14(2)17-13-12-16-10-8-6-7-9-11-16/h2,5-13H2,1,3-4H3. The van der Waals surface area contributed by atoms with Crippen LogP contribution in [0.15, 0.2) is 12.3 Å². The summed E-state index contributed by atoms with van der Waals surface area (Å²) in [6.45, 7) is 15.0. The van der Waals surface area contributed by atoms with E-state index in [1.165, 1.54) is 38.8 Å². The number of allylic oxidation sites excluding steroid dienone is 1. The fourth-order valence-corrected chi connectivity index (χ4v) is 2.05. The first kappa shape index (κ1) is 14.6. The van der Waals surface area contributed by atoms with Crippen molar-refractivity contribution in [3.8, 4) is 0 Å². The van der Waals surface area contributed by atoms with Gasteiger partial charge in [-0.15, -0.1) is 0 Å². The molecule has 0 atom stereocenters. The van der Waals surface area contributed by atoms with Crippen LogP contribution in [0.3, 0.4) is 0 Å². The second kappa shape index (κ2) is 7.05. The van der Waals surface area contributed by atoms with E-state index in [4.69, 9.17) is 4.74 Å². The summed E-state index contributed by atoms with van der Waals surface area (Å²) >= 11 is 0. The zero-order chi connectivity index (χ0) is 12.7. The fraction of sp³-hybridized carbons (Fsp3) is 0.867. The van der Waals surface area contributed by atoms with Crippen molar-refractivity contribution in [1.29, 1.82) is 0 Å². The topological polar surface area (TPSA) is 12.5 Å². The molecule has 0 radical (unpaired) electrons. The molecule has 17 heavy (non-hydrogen) atoms. The third-order valence-corrected chi connectivity index (χ3v) is 4.02. The summed E-state index contributed by atoms with van der Waals surface area (Å²) in [6, 6.07) is 0. The van der Waals surface area contributed by atoms with Crippen LogP contribution in [0.1, 0.15) is 52.9 Å². The van der Waals surface area contributed by atoms with Crippen molar-refractivity contribution in [2.75, 3.05) is 26.2 Å². The zero-order valence-corrected chi connectivity index (χ0v) is 11.9. The lowest BCUT2D eigenvalue weighted by Gasteiger charge is -2.27. The monoisotopic (exact) mass is 239 g/mol. The summed E-state index contributed by atoms with van der Waals surface area (Å²) in [6.07, 6.45) is 6.57. The van der Waals surface area contributed by atoms with Gasteiger partial charge in [-0.25, -0.2) is 0 Å². The highest BCUT2D eigenvalue weighted by molar-refractivity contribution is 4.97. The van der Waals surface area contributed by atoms with Crippen LogP contribution in [-0.2, 0) is 4.74 Å². The van der Waals surface area contributed by atoms with Gasteiger partial charge in [0.2, 0.25) is 0 Å². The van der Waals surface area contributed by atoms with E-state index in [9.17, 15) is 0 Å². The molecule has 0 unspecified atom stereocenters. The van der Waals surface area contributed by atoms with Crippen molar-refractivity contribution >= 4 is 0 Å². The molecule has 1 aliphatic rings. The summed E-state index contributed by atoms with van der Waals surface area (Å²) in [7, 11) is 0. The fourth-order valence-electron chi connectivity index (χ4n) is 2.05. The summed E-state index contributed by atoms with van der Waals surface area (Å²) in [5, 5.41) is 0. The molecule has 0 saturated carbocycles. The summed E-state index contributed by atoms with van der Waals surface area (Å²) < 4.78 is 5.81. The van der Waals surface area contributed by atoms with Gasteiger partial charge >= 0.3 is 0 Å². The third-order valence-electron chi connectivity index (χ3n) is 4.02. The van der Waals surface area contributed by atoms with Crippen molar-refractivity contribution in [1.82, 2.24) is 4.90 Å². The molecule has 1 saturated heterocycles. The molecule has 2 nitrogen and oxygen atoms in total. The summed E-state index contributed by atoms with van der Waals surface area (Å²) in [5.74, 6) is 0.940. The molecule has 0 N–H and O–H groups in total. The van der Waals surface area contributed by atoms with E-state index >= 15 is 0 Å². The Morgan fingerprint density at radius 1 is 1.18 bits per heavy atom. The molecule has 0 spiro atoms. The van der Waals surface area contributed by atoms with Gasteiger partial charge in [-0.1, -0.05) is 40.2 Å². The van der Waals surface area contributed by atoms with E-state index in [0.29, 0.717) is 0 Å². The Kier molecular flexibility index (Phi) is 6.04. The molecule has 0 amide bonds. The van der Waals surface area contributed by atoms with Crippen LogP contribution in [0.4, 0.5) is 0 Å². The second-order valence-electron chi connectivity index (χ2n) is 5.76. The minimum Gasteiger partial charge on any atom is -0.497 e. The number of ether oxygens (including phenoxy) is 1. The van der Waals surface area contributed by atoms with E-state index in [2.05, 4.69) is 32.3 Å². The van der Waals surface area contributed by atoms with E-state index in [1.807, 2.05) is 0 Å². The molecule has 1 rings (SSSR count). The number of hydrogen-bond donors (Lipinski definition) is 0. The predicted molar refractivity (Wildman–Crippen MR) is 74.1 cm³/mol. The normalized spacial score (nSPS) is 18.8. The highest BCUT2D eigenvalue weighted by Gasteiger charge is 2.20. The maximum absolute atomic E-state index is 5.81. The van der Waals surface area contributed by atoms with Crippen LogP contribution in [0.2, 0.25) is 0 Å². The van der Waals surface area contributed by atoms with Gasteiger partial charge in [0.15, 0.2) is 0 Å². The number of likely N-dealkylation sites (tertiary alicyclic amines) is 1. The van der Waals surface area contributed by atoms with Gasteiger partial charge < -0.3 is 4.74 Å². The minimum absolute atomic E-state index is 0.110. The first-order valence-electron chi connectivity index (χ1n) is 7.11. The Labute approximate surface area is 107 Å². The average molecular weight is 239 g/mol. The Morgan fingerprint density at radius 3 is 2.29 bits per heavy atom. The van der Waals surface area contributed by atoms with Crippen LogP contribution in [0, 0.1) is 5.41 Å². The Bertz CT molecular complexity index is 227. The first-order valence-corrected chi connectivity index (χ1v) is 7.11. The Balaban J connectivity index is 2.20. The van der Waals surface area contributed by atoms with Gasteiger partial charge in [-0.2, -0.15) is 0 Å². The van der Waals surface area contributed by atoms with E-state index in [-0.39, 0.29) is 5.41 Å². The van der Waals surface area contributed by atoms with Gasteiger partial charge in [0.05, 0.1) is 5.76 Å². The van der Waals surface area contributed by atoms with Crippen molar-refractivity contribution in [2.45, 2.75) is 52.9 Å². The van der Waals surface area contributed by atoms with Crippen LogP contribution >= 0.6 is 0 Å². The zero-order valence-electron chi connectivity index (χ0n) is 11.9. The molecule has 100 valence electrons. The highest BCUT2D eigenvalue weighted by atomic mass is 16.5. The molecular weight excluding hydrogens is 210 g/mol. The quantitative estimate of drug-likeness (QED) is 0.653. The van der Waals surface area contributed by atoms with Crippen molar-refractivity contribution in [3.63, 3.8) is 0 Å². The van der Waals surface area contributed by atoms with Crippen LogP contribution < -0.4 is 0 Å². The van der Waals surface area contributed by atoms with Gasteiger partial charge in [-0.05, 0) is 32.4 Å². The molecule has 0 aromatic rings. The number of rotatable bonds is 6. The predicted octanol–water partition coefficient (Wildman–Crippen LogP) is 3.83. The van der Waals surface area contributed by atoms with Crippen molar-refractivity contribution < 1.29 is 4.74 Å². The van der Waals surface area contributed by atoms with E-state index < -0.39 is 0 Å². The van der Waals surface area contributed by atoms with Gasteiger partial charge in [0.25, 0.3) is 0 Å². The Morgan fingerprint density at radius 2 is 1.76 bits per heavy atom. The molecular formula is C15H29NO.